The Balaban J connectivity index is 1.30. The number of rotatable bonds is 19. The van der Waals surface area contributed by atoms with Crippen LogP contribution in [-0.2, 0) is 46.4 Å². The molecule has 13 heteroatoms. The lowest BCUT2D eigenvalue weighted by Gasteiger charge is -2.49. The van der Waals surface area contributed by atoms with Crippen LogP contribution < -0.4 is 10.6 Å². The summed E-state index contributed by atoms with van der Waals surface area (Å²) >= 11 is 0. The fourth-order valence-corrected chi connectivity index (χ4v) is 8.59. The molecule has 1 saturated carbocycles. The molecule has 3 aliphatic heterocycles. The molecule has 13 nitrogen and oxygen atoms in total. The third-order valence-corrected chi connectivity index (χ3v) is 11.4. The van der Waals surface area contributed by atoms with Crippen LogP contribution in [0, 0.1) is 5.41 Å². The summed E-state index contributed by atoms with van der Waals surface area (Å²) in [7, 11) is 0. The van der Waals surface area contributed by atoms with Gasteiger partial charge in [-0.15, -0.1) is 0 Å². The van der Waals surface area contributed by atoms with Crippen LogP contribution in [0.4, 0.5) is 0 Å². The number of amides is 2. The summed E-state index contributed by atoms with van der Waals surface area (Å²) < 4.78 is 19.9. The number of benzene rings is 2. The molecule has 6 rings (SSSR count). The number of aliphatic hydroxyl groups excluding tert-OH is 2. The second kappa shape index (κ2) is 18.0. The Bertz CT molecular complexity index is 1660. The summed E-state index contributed by atoms with van der Waals surface area (Å²) in [5, 5.41) is 36.8. The lowest BCUT2D eigenvalue weighted by atomic mass is 9.62. The number of nitrogens with zero attached hydrogens (tertiary/aromatic N) is 1. The molecular weight excluding hydrogens is 706 g/mol. The van der Waals surface area contributed by atoms with Gasteiger partial charge in [-0.05, 0) is 48.9 Å². The maximum atomic E-state index is 14.8. The number of phenolic OH excluding ortho intramolecular Hbond substituents is 1. The molecule has 4 aliphatic rings. The van der Waals surface area contributed by atoms with E-state index in [2.05, 4.69) is 24.5 Å². The SMILES string of the molecule is CCCCCC1(CCCCC)O[C@@H]2[C@H]3ON(Cc4ccc(C=CCc5ccccc5O)cc4)[C@H]4C(=O)OC(CC34C(=O)N[C@@H](C(=O)NCCO)[C@H](C)O)[C@@H]2O1. The van der Waals surface area contributed by atoms with Gasteiger partial charge in [0.1, 0.15) is 41.6 Å². The first-order valence-corrected chi connectivity index (χ1v) is 19.9. The van der Waals surface area contributed by atoms with Crippen LogP contribution in [0.3, 0.4) is 0 Å². The predicted octanol–water partition coefficient (Wildman–Crippen LogP) is 4.06. The first-order valence-electron chi connectivity index (χ1n) is 19.9. The van der Waals surface area contributed by atoms with Crippen molar-refractivity contribution in [2.24, 2.45) is 5.41 Å². The van der Waals surface area contributed by atoms with Gasteiger partial charge in [0.2, 0.25) is 11.8 Å². The molecule has 2 bridgehead atoms. The quantitative estimate of drug-likeness (QED) is 0.103. The number of hydrogen-bond donors (Lipinski definition) is 5. The average molecular weight is 764 g/mol. The van der Waals surface area contributed by atoms with Crippen molar-refractivity contribution in [1.82, 2.24) is 15.7 Å². The molecular formula is C42H57N3O10. The van der Waals surface area contributed by atoms with Gasteiger partial charge in [0, 0.05) is 25.8 Å². The minimum Gasteiger partial charge on any atom is -0.508 e. The minimum absolute atomic E-state index is 0.0577. The number of aliphatic hydroxyl groups is 2. The van der Waals surface area contributed by atoms with E-state index < -0.39 is 71.6 Å². The Morgan fingerprint density at radius 1 is 1.00 bits per heavy atom. The van der Waals surface area contributed by atoms with E-state index in [1.807, 2.05) is 48.6 Å². The number of phenols is 1. The Labute approximate surface area is 323 Å². The molecule has 8 atom stereocenters. The Hall–Kier alpha value is -3.85. The van der Waals surface area contributed by atoms with E-state index >= 15 is 0 Å². The monoisotopic (exact) mass is 763 g/mol. The summed E-state index contributed by atoms with van der Waals surface area (Å²) in [5.41, 5.74) is 1.05. The highest BCUT2D eigenvalue weighted by atomic mass is 16.8. The lowest BCUT2D eigenvalue weighted by molar-refractivity contribution is -0.224. The van der Waals surface area contributed by atoms with E-state index in [1.165, 1.54) is 12.0 Å². The largest absolute Gasteiger partial charge is 0.508 e. The number of carbonyl (C=O) groups is 3. The smallest absolute Gasteiger partial charge is 0.327 e. The van der Waals surface area contributed by atoms with Crippen LogP contribution in [0.1, 0.15) is 95.2 Å². The standard InChI is InChI=1S/C42H57N3O10/c1-4-6-10-21-41(22-11-7-5-2)53-34-32-25-42(40(51)44-33(27(3)47)38(49)43-23-24-46)36(39(50)52-32)45(55-37(42)35(34)54-41)26-29-19-17-28(18-20-29)13-12-15-30-14-8-9-16-31(30)48/h8-9,12-14,16-20,27,32-37,46-48H,4-7,10-11,15,21-26H2,1-3H3,(H,43,49)(H,44,51)/t27-,32?,33+,34-,35-,36-,37+,42?/m0/s1. The number of ether oxygens (including phenoxy) is 3. The highest BCUT2D eigenvalue weighted by molar-refractivity contribution is 5.96. The molecule has 300 valence electrons. The number of unbranched alkanes of at least 4 members (excludes halogenated alkanes) is 4. The number of nitrogens with one attached hydrogen (secondary N) is 2. The summed E-state index contributed by atoms with van der Waals surface area (Å²) in [5.74, 6) is -2.60. The molecule has 1 aliphatic carbocycles. The van der Waals surface area contributed by atoms with Crippen molar-refractivity contribution < 1.29 is 48.8 Å². The van der Waals surface area contributed by atoms with Gasteiger partial charge >= 0.3 is 5.97 Å². The van der Waals surface area contributed by atoms with Crippen molar-refractivity contribution in [3.63, 3.8) is 0 Å². The molecule has 0 aromatic heterocycles. The number of esters is 1. The fourth-order valence-electron chi connectivity index (χ4n) is 8.59. The van der Waals surface area contributed by atoms with Gasteiger partial charge in [0.05, 0.1) is 19.3 Å². The van der Waals surface area contributed by atoms with Crippen LogP contribution in [-0.4, -0.2) is 99.7 Å². The van der Waals surface area contributed by atoms with Gasteiger partial charge in [0.25, 0.3) is 0 Å². The van der Waals surface area contributed by atoms with E-state index in [-0.39, 0.29) is 31.9 Å². The molecule has 3 heterocycles. The van der Waals surface area contributed by atoms with Gasteiger partial charge in [-0.1, -0.05) is 94.1 Å². The van der Waals surface area contributed by atoms with Crippen molar-refractivity contribution in [3.05, 3.63) is 71.3 Å². The van der Waals surface area contributed by atoms with Crippen molar-refractivity contribution in [2.75, 3.05) is 13.2 Å². The summed E-state index contributed by atoms with van der Waals surface area (Å²) in [6.07, 6.45) is 7.27. The van der Waals surface area contributed by atoms with Gasteiger partial charge in [-0.2, -0.15) is 5.06 Å². The van der Waals surface area contributed by atoms with E-state index in [9.17, 15) is 29.7 Å². The lowest BCUT2D eigenvalue weighted by Crippen LogP contribution is -2.71. The van der Waals surface area contributed by atoms with Crippen LogP contribution in [0.25, 0.3) is 6.08 Å². The molecule has 0 radical (unpaired) electrons. The second-order valence-electron chi connectivity index (χ2n) is 15.4. The maximum Gasteiger partial charge on any atom is 0.327 e. The van der Waals surface area contributed by atoms with Gasteiger partial charge in [-0.3, -0.25) is 19.2 Å². The van der Waals surface area contributed by atoms with E-state index in [0.717, 1.165) is 55.2 Å². The van der Waals surface area contributed by atoms with Gasteiger partial charge in [0.15, 0.2) is 11.8 Å². The molecule has 2 aromatic rings. The molecule has 2 amide bonds. The first kappa shape index (κ1) is 40.8. The third-order valence-electron chi connectivity index (χ3n) is 11.4. The fraction of sp³-hybridized carbons (Fsp3) is 0.595. The highest BCUT2D eigenvalue weighted by Gasteiger charge is 2.76. The number of fused-ring (bicyclic) bond motifs is 4. The molecule has 4 fully saturated rings. The zero-order chi connectivity index (χ0) is 39.2. The summed E-state index contributed by atoms with van der Waals surface area (Å²) in [6.45, 7) is 5.44. The predicted molar refractivity (Wildman–Crippen MR) is 203 cm³/mol. The summed E-state index contributed by atoms with van der Waals surface area (Å²) in [6, 6.07) is 12.4. The van der Waals surface area contributed by atoms with Crippen molar-refractivity contribution in [3.8, 4) is 5.75 Å². The average Bonchev–Trinajstić information content (AvgIpc) is 3.72. The van der Waals surface area contributed by atoms with Crippen molar-refractivity contribution in [1.29, 1.82) is 0 Å². The minimum atomic E-state index is -1.54. The third kappa shape index (κ3) is 8.62. The van der Waals surface area contributed by atoms with E-state index in [1.54, 1.807) is 12.1 Å². The molecule has 2 unspecified atom stereocenters. The number of para-hydroxylation sites is 1. The van der Waals surface area contributed by atoms with Crippen LogP contribution in [0.5, 0.6) is 5.75 Å². The van der Waals surface area contributed by atoms with Crippen LogP contribution in [0.15, 0.2) is 54.6 Å². The summed E-state index contributed by atoms with van der Waals surface area (Å²) in [4.78, 5) is 48.7. The molecule has 55 heavy (non-hydrogen) atoms. The van der Waals surface area contributed by atoms with Crippen molar-refractivity contribution in [2.45, 2.75) is 140 Å². The number of hydroxylamine groups is 2. The Morgan fingerprint density at radius 2 is 1.69 bits per heavy atom. The van der Waals surface area contributed by atoms with E-state index in [4.69, 9.17) is 19.0 Å². The number of allylic oxidation sites excluding steroid dienone is 1. The Kier molecular flexibility index (Phi) is 13.3. The zero-order valence-electron chi connectivity index (χ0n) is 32.2. The number of carbonyl (C=O) groups excluding carboxylic acids is 3. The topological polar surface area (TPSA) is 176 Å². The van der Waals surface area contributed by atoms with Gasteiger partial charge < -0.3 is 40.2 Å². The van der Waals surface area contributed by atoms with E-state index in [0.29, 0.717) is 19.3 Å². The molecule has 0 spiro atoms. The van der Waals surface area contributed by atoms with Crippen LogP contribution >= 0.6 is 0 Å². The van der Waals surface area contributed by atoms with Crippen molar-refractivity contribution >= 4 is 23.9 Å². The normalized spacial score (nSPS) is 27.7. The maximum absolute atomic E-state index is 14.8. The van der Waals surface area contributed by atoms with Gasteiger partial charge in [-0.25, -0.2) is 0 Å². The van der Waals surface area contributed by atoms with Crippen LogP contribution in [0.2, 0.25) is 0 Å². The zero-order valence-corrected chi connectivity index (χ0v) is 32.2. The molecule has 5 N–H and O–H groups in total. The molecule has 3 saturated heterocycles. The second-order valence-corrected chi connectivity index (χ2v) is 15.4. The number of hydrogen-bond acceptors (Lipinski definition) is 11. The Morgan fingerprint density at radius 3 is 2.35 bits per heavy atom. The molecule has 2 aromatic carbocycles. The first-order chi connectivity index (χ1) is 26.6. The highest BCUT2D eigenvalue weighted by Crippen LogP contribution is 2.58. The number of aromatic hydroxyl groups is 1.